The van der Waals surface area contributed by atoms with Crippen LogP contribution in [-0.2, 0) is 0 Å². The molecular formula is C15H17NO2. The summed E-state index contributed by atoms with van der Waals surface area (Å²) in [5.74, 6) is 1.05. The van der Waals surface area contributed by atoms with E-state index in [1.807, 2.05) is 18.2 Å². The Morgan fingerprint density at radius 1 is 1.44 bits per heavy atom. The Balaban J connectivity index is 2.49. The van der Waals surface area contributed by atoms with Gasteiger partial charge >= 0.3 is 0 Å². The van der Waals surface area contributed by atoms with Gasteiger partial charge in [0.1, 0.15) is 5.75 Å². The van der Waals surface area contributed by atoms with Gasteiger partial charge in [-0.25, -0.2) is 4.98 Å². The topological polar surface area (TPSA) is 42.4 Å². The zero-order chi connectivity index (χ0) is 13.1. The molecule has 1 aromatic heterocycles. The predicted molar refractivity (Wildman–Crippen MR) is 73.8 cm³/mol. The van der Waals surface area contributed by atoms with Gasteiger partial charge in [-0.2, -0.15) is 0 Å². The molecule has 1 N–H and O–H groups in total. The molecule has 0 spiro atoms. The highest BCUT2D eigenvalue weighted by atomic mass is 16.5. The van der Waals surface area contributed by atoms with Crippen LogP contribution < -0.4 is 4.74 Å². The number of para-hydroxylation sites is 1. The van der Waals surface area contributed by atoms with Crippen LogP contribution in [0.4, 0.5) is 0 Å². The van der Waals surface area contributed by atoms with Gasteiger partial charge in [0.05, 0.1) is 12.1 Å². The molecule has 0 aliphatic rings. The zero-order valence-electron chi connectivity index (χ0n) is 10.7. The lowest BCUT2D eigenvalue weighted by molar-refractivity contribution is 0.261. The molecule has 0 fully saturated rings. The Kier molecular flexibility index (Phi) is 3.51. The normalized spacial score (nSPS) is 10.8. The van der Waals surface area contributed by atoms with Gasteiger partial charge in [-0.05, 0) is 12.0 Å². The Bertz CT molecular complexity index is 576. The first-order valence-corrected chi connectivity index (χ1v) is 5.99. The lowest BCUT2D eigenvalue weighted by Crippen LogP contribution is -2.05. The molecule has 0 bridgehead atoms. The standard InChI is InChI=1S/C15H17NO2/c1-4-11-6-5-7-12-13(17)8-14(16-15(11)12)18-9-10(2)3/h4-8,10H,1,9H2,2-3H3,(H,16,17). The van der Waals surface area contributed by atoms with Gasteiger partial charge in [0.15, 0.2) is 0 Å². The van der Waals surface area contributed by atoms with Crippen LogP contribution in [0, 0.1) is 5.92 Å². The number of benzene rings is 1. The van der Waals surface area contributed by atoms with Gasteiger partial charge in [-0.1, -0.05) is 38.6 Å². The van der Waals surface area contributed by atoms with Crippen LogP contribution in [-0.4, -0.2) is 16.7 Å². The molecule has 0 unspecified atom stereocenters. The minimum atomic E-state index is 0.183. The predicted octanol–water partition coefficient (Wildman–Crippen LogP) is 3.62. The Morgan fingerprint density at radius 2 is 2.22 bits per heavy atom. The minimum absolute atomic E-state index is 0.183. The van der Waals surface area contributed by atoms with E-state index in [0.717, 1.165) is 5.56 Å². The molecule has 0 aliphatic carbocycles. The smallest absolute Gasteiger partial charge is 0.217 e. The molecule has 18 heavy (non-hydrogen) atoms. The average molecular weight is 243 g/mol. The van der Waals surface area contributed by atoms with E-state index in [1.165, 1.54) is 0 Å². The van der Waals surface area contributed by atoms with Crippen LogP contribution in [0.3, 0.4) is 0 Å². The summed E-state index contributed by atoms with van der Waals surface area (Å²) in [6, 6.07) is 7.16. The first-order valence-electron chi connectivity index (χ1n) is 5.99. The molecule has 0 amide bonds. The second-order valence-corrected chi connectivity index (χ2v) is 4.63. The summed E-state index contributed by atoms with van der Waals surface area (Å²) >= 11 is 0. The summed E-state index contributed by atoms with van der Waals surface area (Å²) in [4.78, 5) is 4.43. The first kappa shape index (κ1) is 12.4. The molecule has 0 atom stereocenters. The van der Waals surface area contributed by atoms with Crippen molar-refractivity contribution in [2.24, 2.45) is 5.92 Å². The minimum Gasteiger partial charge on any atom is -0.507 e. The third-order valence-corrected chi connectivity index (χ3v) is 2.61. The van der Waals surface area contributed by atoms with Crippen LogP contribution in [0.5, 0.6) is 11.6 Å². The first-order chi connectivity index (χ1) is 8.61. The van der Waals surface area contributed by atoms with Gasteiger partial charge in [0.2, 0.25) is 5.88 Å². The van der Waals surface area contributed by atoms with E-state index in [2.05, 4.69) is 25.4 Å². The fourth-order valence-corrected chi connectivity index (χ4v) is 1.72. The molecule has 2 rings (SSSR count). The molecule has 1 heterocycles. The quantitative estimate of drug-likeness (QED) is 0.891. The monoisotopic (exact) mass is 243 g/mol. The van der Waals surface area contributed by atoms with Crippen LogP contribution >= 0.6 is 0 Å². The van der Waals surface area contributed by atoms with Gasteiger partial charge in [-0.3, -0.25) is 0 Å². The number of pyridine rings is 1. The van der Waals surface area contributed by atoms with Crippen LogP contribution in [0.2, 0.25) is 0 Å². The number of aromatic hydroxyl groups is 1. The fourth-order valence-electron chi connectivity index (χ4n) is 1.72. The highest BCUT2D eigenvalue weighted by Gasteiger charge is 2.08. The highest BCUT2D eigenvalue weighted by molar-refractivity contribution is 5.91. The Morgan fingerprint density at radius 3 is 2.89 bits per heavy atom. The number of rotatable bonds is 4. The Hall–Kier alpha value is -2.03. The van der Waals surface area contributed by atoms with Gasteiger partial charge < -0.3 is 9.84 Å². The zero-order valence-corrected chi connectivity index (χ0v) is 10.7. The maximum absolute atomic E-state index is 9.98. The van der Waals surface area contributed by atoms with Crippen molar-refractivity contribution in [1.29, 1.82) is 0 Å². The fraction of sp³-hybridized carbons (Fsp3) is 0.267. The van der Waals surface area contributed by atoms with E-state index in [0.29, 0.717) is 29.3 Å². The summed E-state index contributed by atoms with van der Waals surface area (Å²) in [6.45, 7) is 8.46. The largest absolute Gasteiger partial charge is 0.507 e. The van der Waals surface area contributed by atoms with E-state index in [4.69, 9.17) is 4.74 Å². The molecule has 94 valence electrons. The number of nitrogens with zero attached hydrogens (tertiary/aromatic N) is 1. The van der Waals surface area contributed by atoms with Crippen molar-refractivity contribution in [3.63, 3.8) is 0 Å². The second kappa shape index (κ2) is 5.08. The summed E-state index contributed by atoms with van der Waals surface area (Å²) in [5.41, 5.74) is 1.60. The summed E-state index contributed by atoms with van der Waals surface area (Å²) in [6.07, 6.45) is 1.72. The van der Waals surface area contributed by atoms with E-state index >= 15 is 0 Å². The third-order valence-electron chi connectivity index (χ3n) is 2.61. The van der Waals surface area contributed by atoms with Crippen LogP contribution in [0.15, 0.2) is 30.8 Å². The van der Waals surface area contributed by atoms with Crippen LogP contribution in [0.25, 0.3) is 17.0 Å². The number of hydrogen-bond donors (Lipinski definition) is 1. The summed E-state index contributed by atoms with van der Waals surface area (Å²) in [7, 11) is 0. The van der Waals surface area contributed by atoms with Crippen molar-refractivity contribution in [2.75, 3.05) is 6.61 Å². The van der Waals surface area contributed by atoms with Gasteiger partial charge in [-0.15, -0.1) is 0 Å². The van der Waals surface area contributed by atoms with Crippen molar-refractivity contribution in [1.82, 2.24) is 4.98 Å². The molecule has 2 aromatic rings. The van der Waals surface area contributed by atoms with E-state index in [9.17, 15) is 5.11 Å². The van der Waals surface area contributed by atoms with Gasteiger partial charge in [0.25, 0.3) is 0 Å². The number of hydrogen-bond acceptors (Lipinski definition) is 3. The van der Waals surface area contributed by atoms with E-state index in [-0.39, 0.29) is 5.75 Å². The molecule has 1 aromatic carbocycles. The van der Waals surface area contributed by atoms with Gasteiger partial charge in [0, 0.05) is 17.0 Å². The highest BCUT2D eigenvalue weighted by Crippen LogP contribution is 2.29. The molecule has 3 heteroatoms. The second-order valence-electron chi connectivity index (χ2n) is 4.63. The SMILES string of the molecule is C=Cc1cccc2c(O)cc(OCC(C)C)nc12. The summed E-state index contributed by atoms with van der Waals surface area (Å²) in [5, 5.41) is 10.7. The lowest BCUT2D eigenvalue weighted by Gasteiger charge is -2.10. The van der Waals surface area contributed by atoms with Crippen molar-refractivity contribution in [2.45, 2.75) is 13.8 Å². The van der Waals surface area contributed by atoms with Crippen molar-refractivity contribution >= 4 is 17.0 Å². The lowest BCUT2D eigenvalue weighted by atomic mass is 10.1. The molecular weight excluding hydrogens is 226 g/mol. The van der Waals surface area contributed by atoms with Crippen LogP contribution in [0.1, 0.15) is 19.4 Å². The Labute approximate surface area is 107 Å². The molecule has 0 aliphatic heterocycles. The van der Waals surface area contributed by atoms with Crippen molar-refractivity contribution in [3.05, 3.63) is 36.4 Å². The van der Waals surface area contributed by atoms with Crippen molar-refractivity contribution in [3.8, 4) is 11.6 Å². The molecule has 0 radical (unpaired) electrons. The van der Waals surface area contributed by atoms with E-state index < -0.39 is 0 Å². The number of ether oxygens (including phenoxy) is 1. The van der Waals surface area contributed by atoms with E-state index in [1.54, 1.807) is 12.1 Å². The maximum Gasteiger partial charge on any atom is 0.217 e. The third kappa shape index (κ3) is 2.45. The molecule has 0 saturated heterocycles. The summed E-state index contributed by atoms with van der Waals surface area (Å²) < 4.78 is 5.55. The molecule has 3 nitrogen and oxygen atoms in total. The maximum atomic E-state index is 9.98. The number of fused-ring (bicyclic) bond motifs is 1. The molecule has 0 saturated carbocycles. The average Bonchev–Trinajstić information content (AvgIpc) is 2.36. The van der Waals surface area contributed by atoms with Crippen molar-refractivity contribution < 1.29 is 9.84 Å². The number of aromatic nitrogens is 1.